The Morgan fingerprint density at radius 2 is 1.72 bits per heavy atom. The maximum Gasteiger partial charge on any atom is 0.216 e. The Hall–Kier alpha value is -1.38. The zero-order chi connectivity index (χ0) is 21.7. The predicted molar refractivity (Wildman–Crippen MR) is 118 cm³/mol. The molecule has 1 aromatic rings. The molecule has 29 heavy (non-hydrogen) atoms. The van der Waals surface area contributed by atoms with Crippen LogP contribution in [0.25, 0.3) is 0 Å². The van der Waals surface area contributed by atoms with Crippen LogP contribution < -0.4 is 14.9 Å². The topological polar surface area (TPSA) is 70.7 Å². The van der Waals surface area contributed by atoms with Crippen LogP contribution in [0, 0.1) is 5.82 Å². The van der Waals surface area contributed by atoms with E-state index in [0.29, 0.717) is 6.54 Å². The summed E-state index contributed by atoms with van der Waals surface area (Å²) in [7, 11) is -3.28. The summed E-state index contributed by atoms with van der Waals surface area (Å²) in [5.74, 6) is -0.247. The standard InChI is InChI=1S/C21H36FN3O3S/c1-16-14-25(15-17(2)28-16)20-13-18(22)9-10-19(20)23-11-7-6-8-12-24-29(26,27)21(3,4)5/h9-10,13,16-17,23-24H,6-8,11-12,14-15H2,1-5H3/t16-,17+. The van der Waals surface area contributed by atoms with Gasteiger partial charge in [-0.1, -0.05) is 6.42 Å². The average molecular weight is 430 g/mol. The molecule has 1 heterocycles. The predicted octanol–water partition coefficient (Wildman–Crippen LogP) is 3.74. The molecule has 2 N–H and O–H groups in total. The van der Waals surface area contributed by atoms with Gasteiger partial charge in [-0.15, -0.1) is 0 Å². The van der Waals surface area contributed by atoms with Crippen molar-refractivity contribution in [3.05, 3.63) is 24.0 Å². The molecule has 8 heteroatoms. The highest BCUT2D eigenvalue weighted by molar-refractivity contribution is 7.90. The van der Waals surface area contributed by atoms with Crippen molar-refractivity contribution in [3.63, 3.8) is 0 Å². The van der Waals surface area contributed by atoms with Crippen LogP contribution in [0.3, 0.4) is 0 Å². The minimum Gasteiger partial charge on any atom is -0.383 e. The van der Waals surface area contributed by atoms with Crippen LogP contribution in [0.2, 0.25) is 0 Å². The number of rotatable bonds is 9. The molecule has 0 bridgehead atoms. The molecule has 1 fully saturated rings. The first-order valence-electron chi connectivity index (χ1n) is 10.4. The highest BCUT2D eigenvalue weighted by Gasteiger charge is 2.28. The van der Waals surface area contributed by atoms with Crippen LogP contribution in [0.4, 0.5) is 15.8 Å². The fourth-order valence-corrected chi connectivity index (χ4v) is 4.21. The molecule has 6 nitrogen and oxygen atoms in total. The maximum atomic E-state index is 13.9. The number of halogens is 1. The first-order chi connectivity index (χ1) is 13.5. The van der Waals surface area contributed by atoms with Crippen molar-refractivity contribution in [2.45, 2.75) is 70.8 Å². The molecule has 1 aliphatic heterocycles. The Kier molecular flexibility index (Phi) is 8.31. The van der Waals surface area contributed by atoms with Gasteiger partial charge in [0, 0.05) is 26.2 Å². The highest BCUT2D eigenvalue weighted by atomic mass is 32.2. The molecule has 0 saturated carbocycles. The molecule has 2 atom stereocenters. The van der Waals surface area contributed by atoms with Crippen molar-refractivity contribution in [1.29, 1.82) is 0 Å². The van der Waals surface area contributed by atoms with Crippen molar-refractivity contribution in [2.75, 3.05) is 36.4 Å². The number of nitrogens with zero attached hydrogens (tertiary/aromatic N) is 1. The summed E-state index contributed by atoms with van der Waals surface area (Å²) in [5.41, 5.74) is 1.78. The highest BCUT2D eigenvalue weighted by Crippen LogP contribution is 2.29. The Bertz CT molecular complexity index is 755. The molecule has 2 rings (SSSR count). The van der Waals surface area contributed by atoms with Crippen LogP contribution >= 0.6 is 0 Å². The lowest BCUT2D eigenvalue weighted by Crippen LogP contribution is -2.45. The number of benzene rings is 1. The lowest BCUT2D eigenvalue weighted by atomic mass is 10.1. The SMILES string of the molecule is C[C@@H]1CN(c2cc(F)ccc2NCCCCCNS(=O)(=O)C(C)(C)C)C[C@H](C)O1. The van der Waals surface area contributed by atoms with Crippen LogP contribution in [-0.2, 0) is 14.8 Å². The van der Waals surface area contributed by atoms with Gasteiger partial charge in [0.2, 0.25) is 10.0 Å². The van der Waals surface area contributed by atoms with E-state index in [2.05, 4.69) is 14.9 Å². The van der Waals surface area contributed by atoms with Crippen LogP contribution in [-0.4, -0.2) is 51.6 Å². The van der Waals surface area contributed by atoms with E-state index >= 15 is 0 Å². The molecular formula is C21H36FN3O3S. The zero-order valence-electron chi connectivity index (χ0n) is 18.3. The third-order valence-electron chi connectivity index (χ3n) is 4.99. The summed E-state index contributed by atoms with van der Waals surface area (Å²) in [4.78, 5) is 2.17. The monoisotopic (exact) mass is 429 g/mol. The Morgan fingerprint density at radius 3 is 2.34 bits per heavy atom. The average Bonchev–Trinajstić information content (AvgIpc) is 2.60. The van der Waals surface area contributed by atoms with Crippen molar-refractivity contribution >= 4 is 21.4 Å². The molecule has 0 aromatic heterocycles. The number of nitrogens with one attached hydrogen (secondary N) is 2. The van der Waals surface area contributed by atoms with Crippen LogP contribution in [0.1, 0.15) is 53.9 Å². The number of ether oxygens (including phenoxy) is 1. The van der Waals surface area contributed by atoms with Crippen molar-refractivity contribution in [2.24, 2.45) is 0 Å². The molecule has 166 valence electrons. The van der Waals surface area contributed by atoms with E-state index in [-0.39, 0.29) is 18.0 Å². The molecule has 1 aliphatic rings. The second-order valence-corrected chi connectivity index (χ2v) is 11.3. The lowest BCUT2D eigenvalue weighted by molar-refractivity contribution is -0.00519. The van der Waals surface area contributed by atoms with Gasteiger partial charge in [-0.25, -0.2) is 17.5 Å². The normalized spacial score (nSPS) is 20.7. The van der Waals surface area contributed by atoms with E-state index in [1.54, 1.807) is 32.9 Å². The van der Waals surface area contributed by atoms with Crippen molar-refractivity contribution < 1.29 is 17.5 Å². The third kappa shape index (κ3) is 7.12. The van der Waals surface area contributed by atoms with E-state index in [1.165, 1.54) is 6.07 Å². The van der Waals surface area contributed by atoms with E-state index in [4.69, 9.17) is 4.74 Å². The summed E-state index contributed by atoms with van der Waals surface area (Å²) in [5, 5.41) is 3.41. The lowest BCUT2D eigenvalue weighted by Gasteiger charge is -2.37. The quantitative estimate of drug-likeness (QED) is 0.585. The van der Waals surface area contributed by atoms with Gasteiger partial charge in [0.25, 0.3) is 0 Å². The van der Waals surface area contributed by atoms with Gasteiger partial charge in [0.05, 0.1) is 28.3 Å². The van der Waals surface area contributed by atoms with Gasteiger partial charge >= 0.3 is 0 Å². The largest absolute Gasteiger partial charge is 0.383 e. The van der Waals surface area contributed by atoms with Gasteiger partial charge in [0.15, 0.2) is 0 Å². The Balaban J connectivity index is 1.81. The fraction of sp³-hybridized carbons (Fsp3) is 0.714. The molecule has 0 unspecified atom stereocenters. The van der Waals surface area contributed by atoms with E-state index < -0.39 is 14.8 Å². The van der Waals surface area contributed by atoms with Crippen LogP contribution in [0.5, 0.6) is 0 Å². The molecule has 1 aromatic carbocycles. The van der Waals surface area contributed by atoms with Gasteiger partial charge in [-0.05, 0) is 65.7 Å². The number of hydrogen-bond acceptors (Lipinski definition) is 5. The molecule has 1 saturated heterocycles. The first kappa shape index (κ1) is 23.9. The van der Waals surface area contributed by atoms with Gasteiger partial charge < -0.3 is 15.0 Å². The molecular weight excluding hydrogens is 393 g/mol. The number of hydrogen-bond donors (Lipinski definition) is 2. The summed E-state index contributed by atoms with van der Waals surface area (Å²) in [6, 6.07) is 4.84. The molecule has 0 spiro atoms. The van der Waals surface area contributed by atoms with Crippen LogP contribution in [0.15, 0.2) is 18.2 Å². The molecule has 0 aliphatic carbocycles. The van der Waals surface area contributed by atoms with Gasteiger partial charge in [-0.2, -0.15) is 0 Å². The number of anilines is 2. The van der Waals surface area contributed by atoms with E-state index in [1.807, 2.05) is 13.8 Å². The Labute approximate surface area is 175 Å². The second kappa shape index (κ2) is 10.1. The fourth-order valence-electron chi connectivity index (χ4n) is 3.36. The summed E-state index contributed by atoms with van der Waals surface area (Å²) >= 11 is 0. The van der Waals surface area contributed by atoms with E-state index in [0.717, 1.165) is 50.3 Å². The van der Waals surface area contributed by atoms with E-state index in [9.17, 15) is 12.8 Å². The molecule has 0 amide bonds. The maximum absolute atomic E-state index is 13.9. The minimum absolute atomic E-state index is 0.103. The Morgan fingerprint density at radius 1 is 1.10 bits per heavy atom. The zero-order valence-corrected chi connectivity index (χ0v) is 19.1. The first-order valence-corrected chi connectivity index (χ1v) is 11.9. The summed E-state index contributed by atoms with van der Waals surface area (Å²) in [6.07, 6.45) is 2.80. The number of unbranched alkanes of at least 4 members (excludes halogenated alkanes) is 2. The van der Waals surface area contributed by atoms with Gasteiger partial charge in [-0.3, -0.25) is 0 Å². The van der Waals surface area contributed by atoms with Crippen molar-refractivity contribution in [3.8, 4) is 0 Å². The van der Waals surface area contributed by atoms with Gasteiger partial charge in [0.1, 0.15) is 5.82 Å². The second-order valence-electron chi connectivity index (χ2n) is 8.82. The smallest absolute Gasteiger partial charge is 0.216 e. The summed E-state index contributed by atoms with van der Waals surface area (Å²) < 4.78 is 45.6. The number of sulfonamides is 1. The minimum atomic E-state index is -3.28. The summed E-state index contributed by atoms with van der Waals surface area (Å²) in [6.45, 7) is 11.8. The molecule has 0 radical (unpaired) electrons. The third-order valence-corrected chi connectivity index (χ3v) is 7.18. The van der Waals surface area contributed by atoms with Crippen molar-refractivity contribution in [1.82, 2.24) is 4.72 Å². The number of morpholine rings is 1.